The average Bonchev–Trinajstić information content (AvgIpc) is 3.40. The molecule has 2 aromatic carbocycles. The van der Waals surface area contributed by atoms with Crippen LogP contribution in [0.15, 0.2) is 53.3 Å². The molecule has 0 aliphatic rings. The Morgan fingerprint density at radius 1 is 1.08 bits per heavy atom. The fourth-order valence-electron chi connectivity index (χ4n) is 4.34. The van der Waals surface area contributed by atoms with Crippen LogP contribution in [0, 0.1) is 12.7 Å². The van der Waals surface area contributed by atoms with Gasteiger partial charge in [-0.05, 0) is 44.0 Å². The Morgan fingerprint density at radius 2 is 1.89 bits per heavy atom. The van der Waals surface area contributed by atoms with Crippen LogP contribution >= 0.6 is 0 Å². The van der Waals surface area contributed by atoms with E-state index in [1.807, 2.05) is 32.0 Å². The summed E-state index contributed by atoms with van der Waals surface area (Å²) >= 11 is 0. The highest BCUT2D eigenvalue weighted by Gasteiger charge is 2.23. The van der Waals surface area contributed by atoms with E-state index in [-0.39, 0.29) is 16.9 Å². The molecule has 0 bridgehead atoms. The number of anilines is 2. The number of tetrazole rings is 1. The normalized spacial score (nSPS) is 12.1. The maximum absolute atomic E-state index is 14.7. The minimum Gasteiger partial charge on any atom is -0.368 e. The molecule has 11 nitrogen and oxygen atoms in total. The number of nitrogens with one attached hydrogen (secondary N) is 2. The third-order valence-corrected chi connectivity index (χ3v) is 6.14. The molecule has 5 aromatic rings. The van der Waals surface area contributed by atoms with Crippen LogP contribution in [0.3, 0.4) is 0 Å². The first-order chi connectivity index (χ1) is 18.0. The number of hydrogen-bond acceptors (Lipinski definition) is 9. The van der Waals surface area contributed by atoms with Gasteiger partial charge in [0.25, 0.3) is 5.56 Å². The minimum absolute atomic E-state index is 0.0621. The van der Waals surface area contributed by atoms with Crippen LogP contribution in [-0.2, 0) is 12.8 Å². The fourth-order valence-corrected chi connectivity index (χ4v) is 4.34. The van der Waals surface area contributed by atoms with Gasteiger partial charge in [0.2, 0.25) is 5.95 Å². The first-order valence-electron chi connectivity index (χ1n) is 11.8. The standard InChI is InChI=1S/C25H25FN10O/c1-3-18(29-22-16(14(2)28-25(27)31-22)12-13-20-32-34-35-33-20)23-30-19-11-7-10-17(26)21(19)24(37)36(23)15-8-5-4-6-9-15/h4-11,18H,3,12-13H2,1-2H3,(H3,27,28,29,31)(H,32,33,34,35). The van der Waals surface area contributed by atoms with E-state index in [1.54, 1.807) is 24.3 Å². The first kappa shape index (κ1) is 24.0. The van der Waals surface area contributed by atoms with E-state index in [0.29, 0.717) is 48.1 Å². The average molecular weight is 501 g/mol. The first-order valence-corrected chi connectivity index (χ1v) is 11.8. The summed E-state index contributed by atoms with van der Waals surface area (Å²) in [5.74, 6) is 1.01. The molecular weight excluding hydrogens is 475 g/mol. The molecule has 12 heteroatoms. The van der Waals surface area contributed by atoms with Gasteiger partial charge < -0.3 is 11.1 Å². The Hall–Kier alpha value is -4.74. The summed E-state index contributed by atoms with van der Waals surface area (Å²) in [5.41, 5.74) is 7.91. The van der Waals surface area contributed by atoms with E-state index >= 15 is 0 Å². The van der Waals surface area contributed by atoms with Crippen LogP contribution in [0.2, 0.25) is 0 Å². The minimum atomic E-state index is -0.616. The number of aryl methyl sites for hydroxylation is 2. The number of nitrogen functional groups attached to an aromatic ring is 1. The Balaban J connectivity index is 1.63. The number of halogens is 1. The Kier molecular flexibility index (Phi) is 6.54. The van der Waals surface area contributed by atoms with Gasteiger partial charge >= 0.3 is 0 Å². The predicted molar refractivity (Wildman–Crippen MR) is 137 cm³/mol. The second-order valence-electron chi connectivity index (χ2n) is 8.51. The molecule has 0 spiro atoms. The highest BCUT2D eigenvalue weighted by Crippen LogP contribution is 2.28. The van der Waals surface area contributed by atoms with E-state index in [9.17, 15) is 9.18 Å². The van der Waals surface area contributed by atoms with Gasteiger partial charge in [-0.25, -0.2) is 14.4 Å². The monoisotopic (exact) mass is 500 g/mol. The summed E-state index contributed by atoms with van der Waals surface area (Å²) in [6, 6.07) is 13.0. The van der Waals surface area contributed by atoms with Crippen LogP contribution in [0.5, 0.6) is 0 Å². The van der Waals surface area contributed by atoms with E-state index in [2.05, 4.69) is 35.9 Å². The van der Waals surface area contributed by atoms with Crippen LogP contribution in [0.1, 0.15) is 42.3 Å². The molecule has 0 aliphatic heterocycles. The van der Waals surface area contributed by atoms with Crippen molar-refractivity contribution < 1.29 is 4.39 Å². The Labute approximate surface area is 211 Å². The van der Waals surface area contributed by atoms with Crippen LogP contribution in [0.4, 0.5) is 16.2 Å². The number of nitrogens with two attached hydrogens (primary N) is 1. The molecule has 3 heterocycles. The lowest BCUT2D eigenvalue weighted by Crippen LogP contribution is -2.29. The molecule has 5 rings (SSSR count). The predicted octanol–water partition coefficient (Wildman–Crippen LogP) is 3.07. The zero-order chi connectivity index (χ0) is 25.9. The quantitative estimate of drug-likeness (QED) is 0.292. The van der Waals surface area contributed by atoms with Crippen molar-refractivity contribution >= 4 is 22.7 Å². The number of H-pyrrole nitrogens is 1. The fraction of sp³-hybridized carbons (Fsp3) is 0.240. The number of hydrogen-bond donors (Lipinski definition) is 3. The molecule has 188 valence electrons. The molecule has 0 amide bonds. The van der Waals surface area contributed by atoms with Crippen LogP contribution in [0.25, 0.3) is 16.6 Å². The molecular formula is C25H25FN10O. The summed E-state index contributed by atoms with van der Waals surface area (Å²) in [6.45, 7) is 3.82. The second kappa shape index (κ2) is 10.1. The Bertz CT molecular complexity index is 1600. The SMILES string of the molecule is CCC(Nc1nc(N)nc(C)c1CCc1nn[nH]n1)c1nc2cccc(F)c2c(=O)n1-c1ccccc1. The number of para-hydroxylation sites is 1. The number of aromatic amines is 1. The molecule has 4 N–H and O–H groups in total. The zero-order valence-electron chi connectivity index (χ0n) is 20.3. The van der Waals surface area contributed by atoms with Gasteiger partial charge in [-0.3, -0.25) is 9.36 Å². The van der Waals surface area contributed by atoms with E-state index in [1.165, 1.54) is 10.6 Å². The van der Waals surface area contributed by atoms with E-state index < -0.39 is 17.4 Å². The molecule has 0 saturated heterocycles. The smallest absolute Gasteiger partial charge is 0.269 e. The van der Waals surface area contributed by atoms with Crippen molar-refractivity contribution in [3.8, 4) is 5.69 Å². The number of aromatic nitrogens is 8. The molecule has 37 heavy (non-hydrogen) atoms. The molecule has 1 atom stereocenters. The van der Waals surface area contributed by atoms with E-state index in [0.717, 1.165) is 5.56 Å². The lowest BCUT2D eigenvalue weighted by molar-refractivity contribution is 0.629. The topological polar surface area (TPSA) is 153 Å². The third kappa shape index (κ3) is 4.73. The van der Waals surface area contributed by atoms with Gasteiger partial charge in [0.1, 0.15) is 22.8 Å². The van der Waals surface area contributed by atoms with Gasteiger partial charge in [-0.2, -0.15) is 10.2 Å². The highest BCUT2D eigenvalue weighted by atomic mass is 19.1. The van der Waals surface area contributed by atoms with Crippen LogP contribution in [-0.4, -0.2) is 40.1 Å². The summed E-state index contributed by atoms with van der Waals surface area (Å²) in [6.07, 6.45) is 1.60. The summed E-state index contributed by atoms with van der Waals surface area (Å²) in [7, 11) is 0. The number of nitrogens with zero attached hydrogens (tertiary/aromatic N) is 7. The molecule has 0 saturated carbocycles. The Morgan fingerprint density at radius 3 is 2.62 bits per heavy atom. The van der Waals surface area contributed by atoms with Crippen molar-refractivity contribution in [1.29, 1.82) is 0 Å². The van der Waals surface area contributed by atoms with Crippen LogP contribution < -0.4 is 16.6 Å². The van der Waals surface area contributed by atoms with Crippen molar-refractivity contribution in [2.24, 2.45) is 0 Å². The largest absolute Gasteiger partial charge is 0.368 e. The van der Waals surface area contributed by atoms with Gasteiger partial charge in [0.15, 0.2) is 5.82 Å². The maximum atomic E-state index is 14.7. The van der Waals surface area contributed by atoms with Crippen molar-refractivity contribution in [3.63, 3.8) is 0 Å². The summed E-state index contributed by atoms with van der Waals surface area (Å²) < 4.78 is 16.2. The van der Waals surface area contributed by atoms with Crippen molar-refractivity contribution in [1.82, 2.24) is 40.1 Å². The lowest BCUT2D eigenvalue weighted by Gasteiger charge is -2.24. The van der Waals surface area contributed by atoms with E-state index in [4.69, 9.17) is 10.7 Å². The van der Waals surface area contributed by atoms with Crippen molar-refractivity contribution in [2.45, 2.75) is 39.2 Å². The summed E-state index contributed by atoms with van der Waals surface area (Å²) in [4.78, 5) is 27.2. The van der Waals surface area contributed by atoms with Gasteiger partial charge in [-0.1, -0.05) is 36.4 Å². The van der Waals surface area contributed by atoms with Gasteiger partial charge in [-0.15, -0.1) is 10.2 Å². The molecule has 1 unspecified atom stereocenters. The maximum Gasteiger partial charge on any atom is 0.269 e. The molecule has 0 fully saturated rings. The molecule has 0 aliphatic carbocycles. The number of benzene rings is 2. The molecule has 3 aromatic heterocycles. The zero-order valence-corrected chi connectivity index (χ0v) is 20.3. The lowest BCUT2D eigenvalue weighted by atomic mass is 10.1. The second-order valence-corrected chi connectivity index (χ2v) is 8.51. The number of rotatable bonds is 8. The third-order valence-electron chi connectivity index (χ3n) is 6.14. The highest BCUT2D eigenvalue weighted by molar-refractivity contribution is 5.78. The van der Waals surface area contributed by atoms with Crippen molar-refractivity contribution in [3.05, 3.63) is 87.6 Å². The van der Waals surface area contributed by atoms with Crippen molar-refractivity contribution in [2.75, 3.05) is 11.1 Å². The summed E-state index contributed by atoms with van der Waals surface area (Å²) in [5, 5.41) is 17.4. The number of fused-ring (bicyclic) bond motifs is 1. The van der Waals surface area contributed by atoms with Gasteiger partial charge in [0, 0.05) is 17.7 Å². The molecule has 0 radical (unpaired) electrons. The van der Waals surface area contributed by atoms with Gasteiger partial charge in [0.05, 0.1) is 17.2 Å².